The van der Waals surface area contributed by atoms with Crippen molar-refractivity contribution in [2.45, 2.75) is 38.6 Å². The van der Waals surface area contributed by atoms with Gasteiger partial charge in [0.1, 0.15) is 5.56 Å². The maximum atomic E-state index is 12.6. The third-order valence-corrected chi connectivity index (χ3v) is 3.90. The SMILES string of the molecule is CNCCC1CCCCN1C(=O)c1ccc(C)[nH]c1=O. The van der Waals surface area contributed by atoms with Crippen LogP contribution >= 0.6 is 0 Å². The fourth-order valence-electron chi connectivity index (χ4n) is 2.77. The number of aryl methyl sites for hydroxylation is 1. The van der Waals surface area contributed by atoms with Crippen LogP contribution in [-0.2, 0) is 0 Å². The quantitative estimate of drug-likeness (QED) is 0.871. The lowest BCUT2D eigenvalue weighted by Crippen LogP contribution is -2.46. The Bertz CT molecular complexity index is 524. The fourth-order valence-corrected chi connectivity index (χ4v) is 2.77. The summed E-state index contributed by atoms with van der Waals surface area (Å²) in [6.45, 7) is 3.45. The number of carbonyl (C=O) groups excluding carboxylic acids is 1. The summed E-state index contributed by atoms with van der Waals surface area (Å²) in [6, 6.07) is 3.66. The molecule has 0 saturated carbocycles. The minimum atomic E-state index is -0.284. The third-order valence-electron chi connectivity index (χ3n) is 3.90. The van der Waals surface area contributed by atoms with Gasteiger partial charge in [0, 0.05) is 18.3 Å². The van der Waals surface area contributed by atoms with E-state index < -0.39 is 0 Å². The molecule has 5 heteroatoms. The molecule has 0 aromatic carbocycles. The number of aromatic amines is 1. The molecule has 1 unspecified atom stereocenters. The first-order valence-corrected chi connectivity index (χ1v) is 7.29. The molecule has 1 aliphatic heterocycles. The second-order valence-electron chi connectivity index (χ2n) is 5.42. The van der Waals surface area contributed by atoms with Gasteiger partial charge in [-0.1, -0.05) is 0 Å². The lowest BCUT2D eigenvalue weighted by molar-refractivity contribution is 0.0600. The minimum Gasteiger partial charge on any atom is -0.335 e. The number of nitrogens with one attached hydrogen (secondary N) is 2. The first kappa shape index (κ1) is 14.8. The highest BCUT2D eigenvalue weighted by molar-refractivity contribution is 5.94. The molecule has 5 nitrogen and oxygen atoms in total. The zero-order chi connectivity index (χ0) is 14.5. The summed E-state index contributed by atoms with van der Waals surface area (Å²) >= 11 is 0. The van der Waals surface area contributed by atoms with Gasteiger partial charge < -0.3 is 15.2 Å². The van der Waals surface area contributed by atoms with Gasteiger partial charge in [0.05, 0.1) is 0 Å². The van der Waals surface area contributed by atoms with Gasteiger partial charge in [-0.05, 0) is 58.3 Å². The maximum absolute atomic E-state index is 12.6. The van der Waals surface area contributed by atoms with Crippen LogP contribution in [0.25, 0.3) is 0 Å². The number of likely N-dealkylation sites (tertiary alicyclic amines) is 1. The van der Waals surface area contributed by atoms with Gasteiger partial charge in [-0.2, -0.15) is 0 Å². The van der Waals surface area contributed by atoms with Crippen LogP contribution in [0.4, 0.5) is 0 Å². The molecule has 1 aromatic heterocycles. The molecule has 1 atom stereocenters. The largest absolute Gasteiger partial charge is 0.335 e. The monoisotopic (exact) mass is 277 g/mol. The van der Waals surface area contributed by atoms with Crippen molar-refractivity contribution in [1.82, 2.24) is 15.2 Å². The highest BCUT2D eigenvalue weighted by Gasteiger charge is 2.28. The molecule has 0 radical (unpaired) electrons. The van der Waals surface area contributed by atoms with E-state index in [9.17, 15) is 9.59 Å². The molecule has 110 valence electrons. The average Bonchev–Trinajstić information content (AvgIpc) is 2.45. The first-order chi connectivity index (χ1) is 9.63. The Morgan fingerprint density at radius 2 is 2.25 bits per heavy atom. The predicted octanol–water partition coefficient (Wildman–Crippen LogP) is 1.29. The Balaban J connectivity index is 2.18. The van der Waals surface area contributed by atoms with Crippen LogP contribution in [0.15, 0.2) is 16.9 Å². The van der Waals surface area contributed by atoms with Crippen molar-refractivity contribution in [3.05, 3.63) is 33.7 Å². The second-order valence-corrected chi connectivity index (χ2v) is 5.42. The minimum absolute atomic E-state index is 0.132. The number of pyridine rings is 1. The molecule has 2 N–H and O–H groups in total. The van der Waals surface area contributed by atoms with Crippen LogP contribution in [0.2, 0.25) is 0 Å². The van der Waals surface area contributed by atoms with E-state index in [2.05, 4.69) is 10.3 Å². The maximum Gasteiger partial charge on any atom is 0.260 e. The standard InChI is InChI=1S/C15H23N3O2/c1-11-6-7-13(14(19)17-11)15(20)18-10-4-3-5-12(18)8-9-16-2/h6-7,12,16H,3-5,8-10H2,1-2H3,(H,17,19). The van der Waals surface area contributed by atoms with Crippen molar-refractivity contribution < 1.29 is 4.79 Å². The summed E-state index contributed by atoms with van der Waals surface area (Å²) in [5, 5.41) is 3.13. The highest BCUT2D eigenvalue weighted by Crippen LogP contribution is 2.21. The Hall–Kier alpha value is -1.62. The number of nitrogens with zero attached hydrogens (tertiary/aromatic N) is 1. The molecule has 1 aromatic rings. The van der Waals surface area contributed by atoms with Crippen molar-refractivity contribution >= 4 is 5.91 Å². The lowest BCUT2D eigenvalue weighted by Gasteiger charge is -2.35. The first-order valence-electron chi connectivity index (χ1n) is 7.29. The number of rotatable bonds is 4. The Morgan fingerprint density at radius 1 is 1.45 bits per heavy atom. The summed E-state index contributed by atoms with van der Waals surface area (Å²) in [7, 11) is 1.92. The van der Waals surface area contributed by atoms with E-state index in [4.69, 9.17) is 0 Å². The second kappa shape index (κ2) is 6.70. The van der Waals surface area contributed by atoms with Crippen LogP contribution in [0.3, 0.4) is 0 Å². The van der Waals surface area contributed by atoms with Crippen molar-refractivity contribution in [2.75, 3.05) is 20.1 Å². The molecule has 2 rings (SSSR count). The van der Waals surface area contributed by atoms with Crippen LogP contribution < -0.4 is 10.9 Å². The molecule has 0 aliphatic carbocycles. The van der Waals surface area contributed by atoms with E-state index in [1.54, 1.807) is 12.1 Å². The molecule has 2 heterocycles. The molecule has 0 spiro atoms. The zero-order valence-corrected chi connectivity index (χ0v) is 12.2. The number of H-pyrrole nitrogens is 1. The van der Waals surface area contributed by atoms with Crippen LogP contribution in [0.1, 0.15) is 41.7 Å². The van der Waals surface area contributed by atoms with Crippen molar-refractivity contribution in [1.29, 1.82) is 0 Å². The molecular formula is C15H23N3O2. The van der Waals surface area contributed by atoms with Crippen LogP contribution in [-0.4, -0.2) is 42.0 Å². The fraction of sp³-hybridized carbons (Fsp3) is 0.600. The van der Waals surface area contributed by atoms with Crippen LogP contribution in [0, 0.1) is 6.92 Å². The topological polar surface area (TPSA) is 65.2 Å². The highest BCUT2D eigenvalue weighted by atomic mass is 16.2. The number of piperidine rings is 1. The Morgan fingerprint density at radius 3 is 2.95 bits per heavy atom. The van der Waals surface area contributed by atoms with Gasteiger partial charge >= 0.3 is 0 Å². The predicted molar refractivity (Wildman–Crippen MR) is 79.0 cm³/mol. The van der Waals surface area contributed by atoms with Crippen molar-refractivity contribution in [2.24, 2.45) is 0 Å². The molecule has 1 fully saturated rings. The van der Waals surface area contributed by atoms with Gasteiger partial charge in [0.25, 0.3) is 11.5 Å². The number of hydrogen-bond acceptors (Lipinski definition) is 3. The van der Waals surface area contributed by atoms with Gasteiger partial charge in [-0.3, -0.25) is 9.59 Å². The molecule has 1 aliphatic rings. The summed E-state index contributed by atoms with van der Waals surface area (Å²) in [6.07, 6.45) is 4.14. The summed E-state index contributed by atoms with van der Waals surface area (Å²) in [5.74, 6) is -0.132. The van der Waals surface area contributed by atoms with Gasteiger partial charge in [-0.15, -0.1) is 0 Å². The summed E-state index contributed by atoms with van der Waals surface area (Å²) in [5.41, 5.74) is 0.747. The summed E-state index contributed by atoms with van der Waals surface area (Å²) in [4.78, 5) is 29.1. The van der Waals surface area contributed by atoms with E-state index in [-0.39, 0.29) is 23.1 Å². The lowest BCUT2D eigenvalue weighted by atomic mass is 9.98. The van der Waals surface area contributed by atoms with E-state index in [0.29, 0.717) is 0 Å². The normalized spacial score (nSPS) is 19.1. The van der Waals surface area contributed by atoms with Gasteiger partial charge in [-0.25, -0.2) is 0 Å². The van der Waals surface area contributed by atoms with E-state index in [1.807, 2.05) is 18.9 Å². The number of aromatic nitrogens is 1. The smallest absolute Gasteiger partial charge is 0.260 e. The van der Waals surface area contributed by atoms with Crippen LogP contribution in [0.5, 0.6) is 0 Å². The van der Waals surface area contributed by atoms with Gasteiger partial charge in [0.2, 0.25) is 0 Å². The summed E-state index contributed by atoms with van der Waals surface area (Å²) < 4.78 is 0. The van der Waals surface area contributed by atoms with Crippen molar-refractivity contribution in [3.8, 4) is 0 Å². The average molecular weight is 277 g/mol. The molecule has 0 bridgehead atoms. The number of hydrogen-bond donors (Lipinski definition) is 2. The third kappa shape index (κ3) is 3.28. The van der Waals surface area contributed by atoms with E-state index in [0.717, 1.165) is 44.5 Å². The number of carbonyl (C=O) groups is 1. The molecule has 20 heavy (non-hydrogen) atoms. The van der Waals surface area contributed by atoms with E-state index >= 15 is 0 Å². The Kier molecular flexibility index (Phi) is 4.95. The molecular weight excluding hydrogens is 254 g/mol. The zero-order valence-electron chi connectivity index (χ0n) is 12.2. The molecule has 1 saturated heterocycles. The Labute approximate surface area is 119 Å². The van der Waals surface area contributed by atoms with Gasteiger partial charge in [0.15, 0.2) is 0 Å². The number of amides is 1. The van der Waals surface area contributed by atoms with E-state index in [1.165, 1.54) is 0 Å². The van der Waals surface area contributed by atoms with Crippen molar-refractivity contribution in [3.63, 3.8) is 0 Å². The molecule has 1 amide bonds.